The molecule has 0 fully saturated rings. The lowest BCUT2D eigenvalue weighted by molar-refractivity contribution is 1.32. The number of rotatable bonds is 0. The normalized spacial score (nSPS) is 10.9. The van der Waals surface area contributed by atoms with Crippen LogP contribution in [0.5, 0.6) is 0 Å². The van der Waals surface area contributed by atoms with Gasteiger partial charge in [0.15, 0.2) is 0 Å². The summed E-state index contributed by atoms with van der Waals surface area (Å²) in [6, 6.07) is 3.25. The highest BCUT2D eigenvalue weighted by Gasteiger charge is 2.09. The summed E-state index contributed by atoms with van der Waals surface area (Å²) in [7, 11) is 0. The van der Waals surface area contributed by atoms with Gasteiger partial charge in [0.05, 0.1) is 5.39 Å². The molecule has 2 aromatic heterocycles. The van der Waals surface area contributed by atoms with E-state index in [1.165, 1.54) is 0 Å². The van der Waals surface area contributed by atoms with Crippen molar-refractivity contribution < 1.29 is 0 Å². The van der Waals surface area contributed by atoms with Crippen LogP contribution in [0.1, 0.15) is 0 Å². The van der Waals surface area contributed by atoms with Gasteiger partial charge >= 0.3 is 0 Å². The average molecular weight is 268 g/mol. The highest BCUT2D eigenvalue weighted by molar-refractivity contribution is 6.42. The van der Waals surface area contributed by atoms with E-state index in [1.807, 2.05) is 0 Å². The van der Waals surface area contributed by atoms with Crippen molar-refractivity contribution in [3.63, 3.8) is 0 Å². The van der Waals surface area contributed by atoms with Crippen LogP contribution >= 0.6 is 46.4 Å². The number of fused-ring (bicyclic) bond motifs is 1. The topological polar surface area (TPSA) is 25.8 Å². The van der Waals surface area contributed by atoms with Gasteiger partial charge in [-0.25, -0.2) is 9.97 Å². The van der Waals surface area contributed by atoms with Gasteiger partial charge in [-0.05, 0) is 17.5 Å². The van der Waals surface area contributed by atoms with E-state index < -0.39 is 0 Å². The predicted molar refractivity (Wildman–Crippen MR) is 59.6 cm³/mol. The molecule has 0 saturated carbocycles. The SMILES string of the molecule is Clc1cc2cc(Cl)nc(Cl)c2c(Cl)n1. The molecule has 72 valence electrons. The molecule has 0 aliphatic carbocycles. The fourth-order valence-corrected chi connectivity index (χ4v) is 2.25. The molecule has 0 amide bonds. The minimum Gasteiger partial charge on any atom is -0.224 e. The van der Waals surface area contributed by atoms with Crippen LogP contribution in [0.3, 0.4) is 0 Å². The molecule has 2 aromatic rings. The largest absolute Gasteiger partial charge is 0.224 e. The fraction of sp³-hybridized carbons (Fsp3) is 0. The van der Waals surface area contributed by atoms with Crippen molar-refractivity contribution in [3.05, 3.63) is 32.7 Å². The number of pyridine rings is 2. The number of nitrogens with zero attached hydrogens (tertiary/aromatic N) is 2. The van der Waals surface area contributed by atoms with Gasteiger partial charge in [0.2, 0.25) is 0 Å². The summed E-state index contributed by atoms with van der Waals surface area (Å²) in [5.74, 6) is 0. The van der Waals surface area contributed by atoms with Crippen LogP contribution in [0.25, 0.3) is 10.8 Å². The van der Waals surface area contributed by atoms with Crippen molar-refractivity contribution in [2.75, 3.05) is 0 Å². The summed E-state index contributed by atoms with van der Waals surface area (Å²) in [6.07, 6.45) is 0. The first-order chi connectivity index (χ1) is 6.58. The Morgan fingerprint density at radius 1 is 0.786 bits per heavy atom. The zero-order valence-electron chi connectivity index (χ0n) is 6.56. The smallest absolute Gasteiger partial charge is 0.141 e. The van der Waals surface area contributed by atoms with Gasteiger partial charge < -0.3 is 0 Å². The Bertz CT molecular complexity index is 469. The van der Waals surface area contributed by atoms with Crippen LogP contribution in [-0.4, -0.2) is 9.97 Å². The second kappa shape index (κ2) is 3.70. The minimum absolute atomic E-state index is 0.224. The number of halogens is 4. The van der Waals surface area contributed by atoms with Crippen molar-refractivity contribution in [2.24, 2.45) is 0 Å². The lowest BCUT2D eigenvalue weighted by Crippen LogP contribution is -1.85. The molecule has 0 N–H and O–H groups in total. The van der Waals surface area contributed by atoms with E-state index in [9.17, 15) is 0 Å². The molecule has 0 spiro atoms. The summed E-state index contributed by atoms with van der Waals surface area (Å²) < 4.78 is 0. The molecule has 0 aliphatic rings. The standard InChI is InChI=1S/C8H2Cl4N2/c9-4-1-3-2-5(10)14-8(12)6(3)7(11)13-4/h1-2H. The molecule has 6 heteroatoms. The molecule has 0 atom stereocenters. The molecular weight excluding hydrogens is 266 g/mol. The first-order valence-corrected chi connectivity index (χ1v) is 5.07. The molecular formula is C8H2Cl4N2. The summed E-state index contributed by atoms with van der Waals surface area (Å²) in [6.45, 7) is 0. The lowest BCUT2D eigenvalue weighted by Gasteiger charge is -2.02. The Kier molecular flexibility index (Phi) is 2.71. The van der Waals surface area contributed by atoms with Crippen LogP contribution in [-0.2, 0) is 0 Å². The van der Waals surface area contributed by atoms with Crippen LogP contribution in [0.4, 0.5) is 0 Å². The summed E-state index contributed by atoms with van der Waals surface area (Å²) in [5.41, 5.74) is 0. The molecule has 0 bridgehead atoms. The molecule has 0 aliphatic heterocycles. The van der Waals surface area contributed by atoms with Crippen LogP contribution in [0, 0.1) is 0 Å². The first kappa shape index (κ1) is 10.2. The van der Waals surface area contributed by atoms with Crippen molar-refractivity contribution in [1.29, 1.82) is 0 Å². The lowest BCUT2D eigenvalue weighted by atomic mass is 10.2. The third kappa shape index (κ3) is 1.75. The third-order valence-electron chi connectivity index (χ3n) is 1.66. The van der Waals surface area contributed by atoms with Gasteiger partial charge in [0.1, 0.15) is 20.6 Å². The second-order valence-corrected chi connectivity index (χ2v) is 4.06. The number of aromatic nitrogens is 2. The van der Waals surface area contributed by atoms with Gasteiger partial charge in [0.25, 0.3) is 0 Å². The summed E-state index contributed by atoms with van der Waals surface area (Å²) >= 11 is 23.2. The second-order valence-electron chi connectivity index (χ2n) is 2.57. The molecule has 2 rings (SSSR count). The Morgan fingerprint density at radius 3 is 1.64 bits per heavy atom. The Hall–Kier alpha value is -0.280. The van der Waals surface area contributed by atoms with E-state index in [2.05, 4.69) is 9.97 Å². The fourth-order valence-electron chi connectivity index (χ4n) is 1.13. The van der Waals surface area contributed by atoms with Crippen molar-refractivity contribution in [3.8, 4) is 0 Å². The summed E-state index contributed by atoms with van der Waals surface area (Å²) in [5, 5.41) is 2.31. The molecule has 0 saturated heterocycles. The van der Waals surface area contributed by atoms with Crippen LogP contribution in [0.15, 0.2) is 12.1 Å². The Morgan fingerprint density at radius 2 is 1.21 bits per heavy atom. The van der Waals surface area contributed by atoms with E-state index in [4.69, 9.17) is 46.4 Å². The highest BCUT2D eigenvalue weighted by Crippen LogP contribution is 2.31. The van der Waals surface area contributed by atoms with Gasteiger partial charge in [-0.2, -0.15) is 0 Å². The third-order valence-corrected chi connectivity index (χ3v) is 2.59. The van der Waals surface area contributed by atoms with Crippen molar-refractivity contribution in [2.45, 2.75) is 0 Å². The molecule has 0 radical (unpaired) electrons. The maximum atomic E-state index is 5.86. The van der Waals surface area contributed by atoms with E-state index in [0.29, 0.717) is 15.7 Å². The maximum absolute atomic E-state index is 5.86. The Labute approximate surface area is 99.8 Å². The summed E-state index contributed by atoms with van der Waals surface area (Å²) in [4.78, 5) is 7.71. The molecule has 14 heavy (non-hydrogen) atoms. The highest BCUT2D eigenvalue weighted by atomic mass is 35.5. The molecule has 2 heterocycles. The minimum atomic E-state index is 0.224. The zero-order chi connectivity index (χ0) is 10.3. The maximum Gasteiger partial charge on any atom is 0.141 e. The molecule has 2 nitrogen and oxygen atoms in total. The van der Waals surface area contributed by atoms with Crippen molar-refractivity contribution in [1.82, 2.24) is 9.97 Å². The van der Waals surface area contributed by atoms with Crippen molar-refractivity contribution >= 4 is 57.2 Å². The van der Waals surface area contributed by atoms with Crippen LogP contribution < -0.4 is 0 Å². The van der Waals surface area contributed by atoms with Gasteiger partial charge in [-0.3, -0.25) is 0 Å². The predicted octanol–water partition coefficient (Wildman–Crippen LogP) is 4.24. The number of hydrogen-bond donors (Lipinski definition) is 0. The monoisotopic (exact) mass is 266 g/mol. The molecule has 0 aromatic carbocycles. The quantitative estimate of drug-likeness (QED) is 0.667. The van der Waals surface area contributed by atoms with Gasteiger partial charge in [0, 0.05) is 0 Å². The van der Waals surface area contributed by atoms with E-state index in [1.54, 1.807) is 12.1 Å². The Balaban J connectivity index is 2.94. The van der Waals surface area contributed by atoms with E-state index in [-0.39, 0.29) is 10.3 Å². The molecule has 0 unspecified atom stereocenters. The average Bonchev–Trinajstić information content (AvgIpc) is 1.99. The van der Waals surface area contributed by atoms with Crippen LogP contribution in [0.2, 0.25) is 20.6 Å². The van der Waals surface area contributed by atoms with Gasteiger partial charge in [-0.1, -0.05) is 46.4 Å². The van der Waals surface area contributed by atoms with E-state index >= 15 is 0 Å². The van der Waals surface area contributed by atoms with E-state index in [0.717, 1.165) is 5.39 Å². The van der Waals surface area contributed by atoms with Gasteiger partial charge in [-0.15, -0.1) is 0 Å². The zero-order valence-corrected chi connectivity index (χ0v) is 9.58. The first-order valence-electron chi connectivity index (χ1n) is 3.56. The number of hydrogen-bond acceptors (Lipinski definition) is 2.